The summed E-state index contributed by atoms with van der Waals surface area (Å²) in [7, 11) is 4.38. The topological polar surface area (TPSA) is 15.3 Å². The first-order chi connectivity index (χ1) is 8.74. The first-order valence-electron chi connectivity index (χ1n) is 7.13. The van der Waals surface area contributed by atoms with Gasteiger partial charge in [0, 0.05) is 12.1 Å². The van der Waals surface area contributed by atoms with Crippen molar-refractivity contribution in [2.45, 2.75) is 50.6 Å². The van der Waals surface area contributed by atoms with Crippen LogP contribution < -0.4 is 5.32 Å². The maximum Gasteiger partial charge on any atom is 0.0238 e. The molecule has 1 saturated carbocycles. The molecule has 0 spiro atoms. The summed E-state index contributed by atoms with van der Waals surface area (Å²) < 4.78 is 0. The van der Waals surface area contributed by atoms with E-state index >= 15 is 0 Å². The first-order valence-corrected chi connectivity index (χ1v) is 8.07. The minimum Gasteiger partial charge on any atom is -0.314 e. The minimum atomic E-state index is 0.418. The molecule has 0 atom stereocenters. The van der Waals surface area contributed by atoms with Crippen LogP contribution in [0.4, 0.5) is 0 Å². The molecule has 0 unspecified atom stereocenters. The zero-order valence-corrected chi connectivity index (χ0v) is 12.6. The summed E-state index contributed by atoms with van der Waals surface area (Å²) in [4.78, 5) is 2.45. The van der Waals surface area contributed by atoms with Crippen LogP contribution in [0.1, 0.15) is 44.1 Å². The Morgan fingerprint density at radius 1 is 1.33 bits per heavy atom. The molecule has 1 aliphatic carbocycles. The fourth-order valence-electron chi connectivity index (χ4n) is 3.03. The molecule has 1 aliphatic rings. The minimum absolute atomic E-state index is 0.418. The number of nitrogens with zero attached hydrogens (tertiary/aromatic N) is 1. The molecule has 0 aliphatic heterocycles. The fraction of sp³-hybridized carbons (Fsp3) is 0.733. The van der Waals surface area contributed by atoms with E-state index < -0.39 is 0 Å². The van der Waals surface area contributed by atoms with Crippen LogP contribution in [-0.2, 0) is 6.54 Å². The van der Waals surface area contributed by atoms with Gasteiger partial charge in [-0.25, -0.2) is 0 Å². The summed E-state index contributed by atoms with van der Waals surface area (Å²) in [5, 5.41) is 8.03. The van der Waals surface area contributed by atoms with E-state index in [0.717, 1.165) is 6.54 Å². The van der Waals surface area contributed by atoms with Gasteiger partial charge in [-0.15, -0.1) is 0 Å². The quantitative estimate of drug-likeness (QED) is 0.848. The summed E-state index contributed by atoms with van der Waals surface area (Å²) in [5.41, 5.74) is 1.87. The van der Waals surface area contributed by atoms with Gasteiger partial charge in [0.25, 0.3) is 0 Å². The van der Waals surface area contributed by atoms with Crippen LogP contribution in [0, 0.1) is 0 Å². The summed E-state index contributed by atoms with van der Waals surface area (Å²) in [5.74, 6) is 0. The van der Waals surface area contributed by atoms with E-state index in [4.69, 9.17) is 0 Å². The zero-order valence-electron chi connectivity index (χ0n) is 11.7. The van der Waals surface area contributed by atoms with E-state index in [-0.39, 0.29) is 0 Å². The van der Waals surface area contributed by atoms with Gasteiger partial charge in [-0.1, -0.05) is 19.3 Å². The van der Waals surface area contributed by atoms with Gasteiger partial charge >= 0.3 is 0 Å². The lowest BCUT2D eigenvalue weighted by molar-refractivity contribution is 0.194. The Morgan fingerprint density at radius 3 is 2.72 bits per heavy atom. The number of rotatable bonds is 6. The second-order valence-corrected chi connectivity index (χ2v) is 6.49. The smallest absolute Gasteiger partial charge is 0.0238 e. The summed E-state index contributed by atoms with van der Waals surface area (Å²) in [6.07, 6.45) is 8.22. The number of hydrogen-bond acceptors (Lipinski definition) is 3. The van der Waals surface area contributed by atoms with Crippen molar-refractivity contribution in [3.63, 3.8) is 0 Å². The van der Waals surface area contributed by atoms with Crippen molar-refractivity contribution in [1.82, 2.24) is 10.2 Å². The van der Waals surface area contributed by atoms with E-state index in [1.807, 2.05) is 0 Å². The Kier molecular flexibility index (Phi) is 5.22. The average molecular weight is 266 g/mol. The average Bonchev–Trinajstić information content (AvgIpc) is 2.90. The molecule has 2 nitrogen and oxygen atoms in total. The predicted molar refractivity (Wildman–Crippen MR) is 80.1 cm³/mol. The molecule has 102 valence electrons. The van der Waals surface area contributed by atoms with Gasteiger partial charge in [-0.2, -0.15) is 11.3 Å². The number of hydrogen-bond donors (Lipinski definition) is 1. The molecule has 0 radical (unpaired) electrons. The van der Waals surface area contributed by atoms with E-state index in [0.29, 0.717) is 5.54 Å². The summed E-state index contributed by atoms with van der Waals surface area (Å²) in [6.45, 7) is 2.28. The molecule has 18 heavy (non-hydrogen) atoms. The molecule has 0 saturated heterocycles. The van der Waals surface area contributed by atoms with Crippen molar-refractivity contribution in [3.8, 4) is 0 Å². The molecule has 0 bridgehead atoms. The molecule has 2 rings (SSSR count). The third-order valence-electron chi connectivity index (χ3n) is 4.35. The van der Waals surface area contributed by atoms with Crippen LogP contribution >= 0.6 is 11.3 Å². The third kappa shape index (κ3) is 3.81. The molecule has 0 aromatic carbocycles. The summed E-state index contributed by atoms with van der Waals surface area (Å²) >= 11 is 1.79. The van der Waals surface area contributed by atoms with Crippen LogP contribution in [-0.4, -0.2) is 31.1 Å². The number of nitrogens with one attached hydrogen (secondary N) is 1. The SMILES string of the molecule is CNC1(CCN(C)Cc2ccsc2)CCCCC1. The highest BCUT2D eigenvalue weighted by Crippen LogP contribution is 2.30. The van der Waals surface area contributed by atoms with E-state index in [1.54, 1.807) is 11.3 Å². The van der Waals surface area contributed by atoms with Crippen molar-refractivity contribution < 1.29 is 0 Å². The Morgan fingerprint density at radius 2 is 2.11 bits per heavy atom. The lowest BCUT2D eigenvalue weighted by Crippen LogP contribution is -2.46. The summed E-state index contributed by atoms with van der Waals surface area (Å²) in [6, 6.07) is 2.23. The number of thiophene rings is 1. The van der Waals surface area contributed by atoms with Gasteiger partial charge in [0.05, 0.1) is 0 Å². The Labute approximate surface area is 115 Å². The molecule has 1 N–H and O–H groups in total. The van der Waals surface area contributed by atoms with Gasteiger partial charge < -0.3 is 10.2 Å². The normalized spacial score (nSPS) is 19.3. The standard InChI is InChI=1S/C15H26N2S/c1-16-15(7-4-3-5-8-15)9-10-17(2)12-14-6-11-18-13-14/h6,11,13,16H,3-5,7-10,12H2,1-2H3. The lowest BCUT2D eigenvalue weighted by Gasteiger charge is -2.38. The van der Waals surface area contributed by atoms with Crippen LogP contribution in [0.25, 0.3) is 0 Å². The van der Waals surface area contributed by atoms with Gasteiger partial charge in [0.15, 0.2) is 0 Å². The first kappa shape index (κ1) is 14.0. The molecule has 1 aromatic heterocycles. The van der Waals surface area contributed by atoms with Crippen molar-refractivity contribution in [1.29, 1.82) is 0 Å². The maximum absolute atomic E-state index is 3.61. The Bertz CT molecular complexity index is 328. The molecule has 1 heterocycles. The van der Waals surface area contributed by atoms with Gasteiger partial charge in [-0.05, 0) is 62.3 Å². The highest BCUT2D eigenvalue weighted by Gasteiger charge is 2.29. The highest BCUT2D eigenvalue weighted by molar-refractivity contribution is 7.07. The predicted octanol–water partition coefficient (Wildman–Crippen LogP) is 3.49. The van der Waals surface area contributed by atoms with Gasteiger partial charge in [-0.3, -0.25) is 0 Å². The Balaban J connectivity index is 1.78. The van der Waals surface area contributed by atoms with Crippen LogP contribution in [0.2, 0.25) is 0 Å². The highest BCUT2D eigenvalue weighted by atomic mass is 32.1. The second kappa shape index (κ2) is 6.69. The van der Waals surface area contributed by atoms with Crippen molar-refractivity contribution in [2.75, 3.05) is 20.6 Å². The fourth-order valence-corrected chi connectivity index (χ4v) is 3.69. The third-order valence-corrected chi connectivity index (χ3v) is 5.08. The van der Waals surface area contributed by atoms with Gasteiger partial charge in [0.1, 0.15) is 0 Å². The molecule has 3 heteroatoms. The van der Waals surface area contributed by atoms with Crippen LogP contribution in [0.15, 0.2) is 16.8 Å². The van der Waals surface area contributed by atoms with Gasteiger partial charge in [0.2, 0.25) is 0 Å². The largest absolute Gasteiger partial charge is 0.314 e. The van der Waals surface area contributed by atoms with Crippen molar-refractivity contribution in [3.05, 3.63) is 22.4 Å². The van der Waals surface area contributed by atoms with Crippen LogP contribution in [0.3, 0.4) is 0 Å². The monoisotopic (exact) mass is 266 g/mol. The molecular formula is C15H26N2S. The molecule has 1 fully saturated rings. The van der Waals surface area contributed by atoms with Crippen molar-refractivity contribution in [2.24, 2.45) is 0 Å². The zero-order chi connectivity index (χ0) is 12.8. The molecular weight excluding hydrogens is 240 g/mol. The van der Waals surface area contributed by atoms with Crippen molar-refractivity contribution >= 4 is 11.3 Å². The lowest BCUT2D eigenvalue weighted by atomic mass is 9.79. The van der Waals surface area contributed by atoms with E-state index in [2.05, 4.69) is 41.1 Å². The van der Waals surface area contributed by atoms with E-state index in [1.165, 1.54) is 50.6 Å². The second-order valence-electron chi connectivity index (χ2n) is 5.71. The maximum atomic E-state index is 3.61. The molecule has 0 amide bonds. The molecule has 1 aromatic rings. The van der Waals surface area contributed by atoms with E-state index in [9.17, 15) is 0 Å². The van der Waals surface area contributed by atoms with Crippen LogP contribution in [0.5, 0.6) is 0 Å². The Hall–Kier alpha value is -0.380.